The minimum atomic E-state index is -0.749. The molecular weight excluding hydrogens is 395 g/mol. The van der Waals surface area contributed by atoms with Crippen molar-refractivity contribution >= 4 is 46.7 Å². The highest BCUT2D eigenvalue weighted by atomic mass is 35.5. The molecule has 0 aromatic heterocycles. The number of benzene rings is 2. The number of methoxy groups -OCH3 is 1. The molecular formula is C18H16Cl2N2O5. The average molecular weight is 411 g/mol. The topological polar surface area (TPSA) is 93.7 Å². The van der Waals surface area contributed by atoms with E-state index in [0.29, 0.717) is 22.0 Å². The molecule has 0 aliphatic carbocycles. The van der Waals surface area contributed by atoms with Gasteiger partial charge in [0, 0.05) is 11.3 Å². The third-order valence-corrected chi connectivity index (χ3v) is 4.05. The summed E-state index contributed by atoms with van der Waals surface area (Å²) >= 11 is 11.6. The van der Waals surface area contributed by atoms with Crippen LogP contribution in [0.3, 0.4) is 0 Å². The molecule has 0 bridgehead atoms. The van der Waals surface area contributed by atoms with Crippen LogP contribution in [-0.4, -0.2) is 38.0 Å². The van der Waals surface area contributed by atoms with Gasteiger partial charge in [-0.3, -0.25) is 14.4 Å². The van der Waals surface area contributed by atoms with Crippen molar-refractivity contribution in [3.05, 3.63) is 58.1 Å². The smallest absolute Gasteiger partial charge is 0.325 e. The Balaban J connectivity index is 1.74. The standard InChI is InChI=1S/C18H16Cl2N2O5/c1-26-13-5-2-11(3-6-13)18(25)21-9-17(24)27-10-16(23)22-12-4-7-14(19)15(20)8-12/h2-8H,9-10H2,1H3,(H,21,25)(H,22,23). The lowest BCUT2D eigenvalue weighted by atomic mass is 10.2. The molecule has 0 heterocycles. The van der Waals surface area contributed by atoms with Gasteiger partial charge in [0.2, 0.25) is 0 Å². The van der Waals surface area contributed by atoms with Gasteiger partial charge in [0.25, 0.3) is 11.8 Å². The zero-order valence-corrected chi connectivity index (χ0v) is 15.8. The molecule has 0 fully saturated rings. The van der Waals surface area contributed by atoms with Crippen molar-refractivity contribution in [2.24, 2.45) is 0 Å². The van der Waals surface area contributed by atoms with E-state index in [-0.39, 0.29) is 11.6 Å². The Bertz CT molecular complexity index is 840. The first-order valence-corrected chi connectivity index (χ1v) is 8.47. The average Bonchev–Trinajstić information content (AvgIpc) is 2.67. The van der Waals surface area contributed by atoms with Crippen molar-refractivity contribution < 1.29 is 23.9 Å². The number of anilines is 1. The molecule has 0 radical (unpaired) electrons. The molecule has 0 aliphatic rings. The highest BCUT2D eigenvalue weighted by Crippen LogP contribution is 2.24. The van der Waals surface area contributed by atoms with Gasteiger partial charge < -0.3 is 20.1 Å². The Labute approximate surface area is 165 Å². The van der Waals surface area contributed by atoms with Crippen LogP contribution < -0.4 is 15.4 Å². The molecule has 2 N–H and O–H groups in total. The number of carbonyl (C=O) groups is 3. The predicted molar refractivity (Wildman–Crippen MR) is 101 cm³/mol. The summed E-state index contributed by atoms with van der Waals surface area (Å²) in [5, 5.41) is 5.55. The highest BCUT2D eigenvalue weighted by molar-refractivity contribution is 6.42. The lowest BCUT2D eigenvalue weighted by Gasteiger charge is -2.08. The third-order valence-electron chi connectivity index (χ3n) is 3.31. The lowest BCUT2D eigenvalue weighted by Crippen LogP contribution is -2.32. The summed E-state index contributed by atoms with van der Waals surface area (Å²) in [6, 6.07) is 10.9. The van der Waals surface area contributed by atoms with Gasteiger partial charge in [-0.05, 0) is 42.5 Å². The second-order valence-corrected chi connectivity index (χ2v) is 6.06. The Kier molecular flexibility index (Phi) is 7.45. The van der Waals surface area contributed by atoms with Gasteiger partial charge in [-0.1, -0.05) is 23.2 Å². The first kappa shape index (κ1) is 20.5. The number of amides is 2. The molecule has 0 unspecified atom stereocenters. The van der Waals surface area contributed by atoms with E-state index in [4.69, 9.17) is 32.7 Å². The molecule has 2 aromatic rings. The summed E-state index contributed by atoms with van der Waals surface area (Å²) in [6.07, 6.45) is 0. The van der Waals surface area contributed by atoms with E-state index in [2.05, 4.69) is 10.6 Å². The maximum atomic E-state index is 11.9. The Morgan fingerprint density at radius 1 is 1.00 bits per heavy atom. The lowest BCUT2D eigenvalue weighted by molar-refractivity contribution is -0.146. The Hall–Kier alpha value is -2.77. The molecule has 7 nitrogen and oxygen atoms in total. The second-order valence-electron chi connectivity index (χ2n) is 5.25. The minimum absolute atomic E-state index is 0.285. The predicted octanol–water partition coefficient (Wildman–Crippen LogP) is 2.91. The van der Waals surface area contributed by atoms with Crippen molar-refractivity contribution in [3.8, 4) is 5.75 Å². The number of rotatable bonds is 7. The molecule has 9 heteroatoms. The number of ether oxygens (including phenoxy) is 2. The number of hydrogen-bond acceptors (Lipinski definition) is 5. The molecule has 2 rings (SSSR count). The first-order chi connectivity index (χ1) is 12.9. The van der Waals surface area contributed by atoms with Gasteiger partial charge in [-0.25, -0.2) is 0 Å². The molecule has 27 heavy (non-hydrogen) atoms. The number of halogens is 2. The number of carbonyl (C=O) groups excluding carboxylic acids is 3. The summed E-state index contributed by atoms with van der Waals surface area (Å²) in [5.41, 5.74) is 0.777. The fourth-order valence-electron chi connectivity index (χ4n) is 1.96. The first-order valence-electron chi connectivity index (χ1n) is 7.72. The number of nitrogens with one attached hydrogen (secondary N) is 2. The van der Waals surface area contributed by atoms with Crippen LogP contribution in [0.1, 0.15) is 10.4 Å². The third kappa shape index (κ3) is 6.47. The number of esters is 1. The molecule has 0 saturated heterocycles. The van der Waals surface area contributed by atoms with Gasteiger partial charge in [-0.15, -0.1) is 0 Å². The van der Waals surface area contributed by atoms with E-state index in [1.807, 2.05) is 0 Å². The highest BCUT2D eigenvalue weighted by Gasteiger charge is 2.11. The summed E-state index contributed by atoms with van der Waals surface area (Å²) in [5.74, 6) is -1.14. The minimum Gasteiger partial charge on any atom is -0.497 e. The van der Waals surface area contributed by atoms with Crippen molar-refractivity contribution in [2.45, 2.75) is 0 Å². The molecule has 2 amide bonds. The molecule has 2 aromatic carbocycles. The van der Waals surface area contributed by atoms with Crippen molar-refractivity contribution in [1.29, 1.82) is 0 Å². The zero-order valence-electron chi connectivity index (χ0n) is 14.3. The summed E-state index contributed by atoms with van der Waals surface area (Å²) in [7, 11) is 1.52. The van der Waals surface area contributed by atoms with Gasteiger partial charge in [0.15, 0.2) is 6.61 Å². The van der Waals surface area contributed by atoms with Crippen LogP contribution >= 0.6 is 23.2 Å². The quantitative estimate of drug-likeness (QED) is 0.684. The maximum Gasteiger partial charge on any atom is 0.325 e. The fourth-order valence-corrected chi connectivity index (χ4v) is 2.26. The summed E-state index contributed by atoms with van der Waals surface area (Å²) in [6.45, 7) is -0.873. The SMILES string of the molecule is COc1ccc(C(=O)NCC(=O)OCC(=O)Nc2ccc(Cl)c(Cl)c2)cc1. The number of hydrogen-bond donors (Lipinski definition) is 2. The molecule has 0 atom stereocenters. The van der Waals surface area contributed by atoms with Gasteiger partial charge in [0.05, 0.1) is 17.2 Å². The Morgan fingerprint density at radius 3 is 2.33 bits per heavy atom. The summed E-state index contributed by atoms with van der Waals surface area (Å²) in [4.78, 5) is 35.4. The monoisotopic (exact) mass is 410 g/mol. The van der Waals surface area contributed by atoms with E-state index in [1.165, 1.54) is 19.2 Å². The fraction of sp³-hybridized carbons (Fsp3) is 0.167. The Morgan fingerprint density at radius 2 is 1.70 bits per heavy atom. The van der Waals surface area contributed by atoms with Crippen LogP contribution in [0, 0.1) is 0 Å². The molecule has 142 valence electrons. The molecule has 0 aliphatic heterocycles. The van der Waals surface area contributed by atoms with Crippen molar-refractivity contribution in [2.75, 3.05) is 25.6 Å². The van der Waals surface area contributed by atoms with Crippen molar-refractivity contribution in [1.82, 2.24) is 5.32 Å². The maximum absolute atomic E-state index is 11.9. The molecule has 0 saturated carbocycles. The van der Waals surface area contributed by atoms with Crippen LogP contribution in [0.15, 0.2) is 42.5 Å². The largest absolute Gasteiger partial charge is 0.497 e. The second kappa shape index (κ2) is 9.80. The zero-order chi connectivity index (χ0) is 19.8. The van der Waals surface area contributed by atoms with Crippen LogP contribution in [0.25, 0.3) is 0 Å². The van der Waals surface area contributed by atoms with Crippen LogP contribution in [-0.2, 0) is 14.3 Å². The van der Waals surface area contributed by atoms with E-state index in [9.17, 15) is 14.4 Å². The van der Waals surface area contributed by atoms with Crippen LogP contribution in [0.4, 0.5) is 5.69 Å². The molecule has 0 spiro atoms. The van der Waals surface area contributed by atoms with Gasteiger partial charge >= 0.3 is 5.97 Å². The van der Waals surface area contributed by atoms with E-state index in [0.717, 1.165) is 0 Å². The van der Waals surface area contributed by atoms with E-state index < -0.39 is 24.4 Å². The van der Waals surface area contributed by atoms with E-state index in [1.54, 1.807) is 30.3 Å². The van der Waals surface area contributed by atoms with Crippen LogP contribution in [0.5, 0.6) is 5.75 Å². The van der Waals surface area contributed by atoms with Gasteiger partial charge in [-0.2, -0.15) is 0 Å². The van der Waals surface area contributed by atoms with Gasteiger partial charge in [0.1, 0.15) is 12.3 Å². The normalized spacial score (nSPS) is 10.0. The van der Waals surface area contributed by atoms with E-state index >= 15 is 0 Å². The van der Waals surface area contributed by atoms with Crippen LogP contribution in [0.2, 0.25) is 10.0 Å². The summed E-state index contributed by atoms with van der Waals surface area (Å²) < 4.78 is 9.81. The van der Waals surface area contributed by atoms with Crippen molar-refractivity contribution in [3.63, 3.8) is 0 Å².